The van der Waals surface area contributed by atoms with Crippen LogP contribution < -0.4 is 5.56 Å². The van der Waals surface area contributed by atoms with Gasteiger partial charge in [-0.25, -0.2) is 4.79 Å². The van der Waals surface area contributed by atoms with Gasteiger partial charge in [0.25, 0.3) is 5.56 Å². The van der Waals surface area contributed by atoms with Crippen molar-refractivity contribution in [3.63, 3.8) is 0 Å². The molecule has 0 aliphatic carbocycles. The van der Waals surface area contributed by atoms with E-state index in [9.17, 15) is 22.8 Å². The molecule has 9 heteroatoms. The SMILES string of the molecule is CCn1c(=S)[nH]c2cc(C(=O)OCC(F)(F)F)ccc2c1=O. The molecule has 118 valence electrons. The van der Waals surface area contributed by atoms with Crippen molar-refractivity contribution >= 4 is 29.1 Å². The zero-order chi connectivity index (χ0) is 16.5. The Morgan fingerprint density at radius 1 is 1.41 bits per heavy atom. The molecule has 0 radical (unpaired) electrons. The molecule has 0 saturated heterocycles. The first-order valence-electron chi connectivity index (χ1n) is 6.23. The fourth-order valence-electron chi connectivity index (χ4n) is 1.90. The van der Waals surface area contributed by atoms with Gasteiger partial charge in [-0.1, -0.05) is 0 Å². The fourth-order valence-corrected chi connectivity index (χ4v) is 2.22. The van der Waals surface area contributed by atoms with E-state index in [0.29, 0.717) is 6.54 Å². The molecule has 2 aromatic rings. The Hall–Kier alpha value is -2.16. The van der Waals surface area contributed by atoms with Crippen molar-refractivity contribution in [1.29, 1.82) is 0 Å². The highest BCUT2D eigenvalue weighted by molar-refractivity contribution is 7.71. The van der Waals surface area contributed by atoms with Gasteiger partial charge in [-0.05, 0) is 37.3 Å². The summed E-state index contributed by atoms with van der Waals surface area (Å²) in [7, 11) is 0. The topological polar surface area (TPSA) is 64.1 Å². The van der Waals surface area contributed by atoms with Crippen molar-refractivity contribution in [2.24, 2.45) is 0 Å². The molecular weight excluding hydrogens is 321 g/mol. The molecule has 1 aromatic carbocycles. The molecule has 1 heterocycles. The summed E-state index contributed by atoms with van der Waals surface area (Å²) in [5.74, 6) is -1.13. The standard InChI is InChI=1S/C13H11F3N2O3S/c1-2-18-10(19)8-4-3-7(5-9(8)17-12(18)22)11(20)21-6-13(14,15)16/h3-5H,2,6H2,1H3,(H,17,22). The lowest BCUT2D eigenvalue weighted by Crippen LogP contribution is -2.22. The number of benzene rings is 1. The van der Waals surface area contributed by atoms with Crippen LogP contribution in [0, 0.1) is 4.77 Å². The van der Waals surface area contributed by atoms with E-state index in [1.54, 1.807) is 6.92 Å². The van der Waals surface area contributed by atoms with Crippen molar-refractivity contribution in [3.05, 3.63) is 38.9 Å². The lowest BCUT2D eigenvalue weighted by Gasteiger charge is -2.09. The summed E-state index contributed by atoms with van der Waals surface area (Å²) in [4.78, 5) is 26.5. The van der Waals surface area contributed by atoms with Crippen molar-refractivity contribution in [2.45, 2.75) is 19.6 Å². The highest BCUT2D eigenvalue weighted by Gasteiger charge is 2.29. The zero-order valence-corrected chi connectivity index (χ0v) is 12.2. The number of halogens is 3. The number of ether oxygens (including phenoxy) is 1. The van der Waals surface area contributed by atoms with Gasteiger partial charge in [-0.2, -0.15) is 13.2 Å². The second-order valence-corrected chi connectivity index (χ2v) is 4.82. The first-order chi connectivity index (χ1) is 10.2. The lowest BCUT2D eigenvalue weighted by atomic mass is 10.1. The van der Waals surface area contributed by atoms with Gasteiger partial charge >= 0.3 is 12.1 Å². The second kappa shape index (κ2) is 5.91. The van der Waals surface area contributed by atoms with Crippen LogP contribution in [-0.2, 0) is 11.3 Å². The normalized spacial score (nSPS) is 11.6. The number of H-pyrrole nitrogens is 1. The van der Waals surface area contributed by atoms with Crippen LogP contribution in [0.1, 0.15) is 17.3 Å². The Balaban J connectivity index is 2.41. The molecule has 0 unspecified atom stereocenters. The number of carbonyl (C=O) groups excluding carboxylic acids is 1. The smallest absolute Gasteiger partial charge is 0.422 e. The third-order valence-corrected chi connectivity index (χ3v) is 3.22. The third-order valence-electron chi connectivity index (χ3n) is 2.90. The van der Waals surface area contributed by atoms with Crippen LogP contribution in [0.4, 0.5) is 13.2 Å². The molecule has 0 fully saturated rings. The molecule has 1 aromatic heterocycles. The molecule has 0 saturated carbocycles. The van der Waals surface area contributed by atoms with Gasteiger partial charge in [-0.3, -0.25) is 9.36 Å². The van der Waals surface area contributed by atoms with Gasteiger partial charge in [0.15, 0.2) is 11.4 Å². The number of rotatable bonds is 3. The Labute approximate surface area is 127 Å². The van der Waals surface area contributed by atoms with E-state index < -0.39 is 18.8 Å². The van der Waals surface area contributed by atoms with Crippen LogP contribution in [0.2, 0.25) is 0 Å². The predicted octanol–water partition coefficient (Wildman–Crippen LogP) is 2.80. The van der Waals surface area contributed by atoms with E-state index in [2.05, 4.69) is 9.72 Å². The summed E-state index contributed by atoms with van der Waals surface area (Å²) in [5.41, 5.74) is -0.173. The van der Waals surface area contributed by atoms with E-state index in [1.807, 2.05) is 0 Å². The molecule has 0 bridgehead atoms. The summed E-state index contributed by atoms with van der Waals surface area (Å²) in [6, 6.07) is 3.82. The van der Waals surface area contributed by atoms with Crippen molar-refractivity contribution < 1.29 is 22.7 Å². The van der Waals surface area contributed by atoms with E-state index in [-0.39, 0.29) is 26.8 Å². The number of nitrogens with one attached hydrogen (secondary N) is 1. The second-order valence-electron chi connectivity index (χ2n) is 4.43. The first kappa shape index (κ1) is 16.2. The number of aromatic nitrogens is 2. The van der Waals surface area contributed by atoms with Crippen molar-refractivity contribution in [1.82, 2.24) is 9.55 Å². The molecule has 2 rings (SSSR count). The minimum absolute atomic E-state index is 0.101. The predicted molar refractivity (Wildman–Crippen MR) is 75.4 cm³/mol. The number of carbonyl (C=O) groups is 1. The number of esters is 1. The molecule has 0 aliphatic rings. The van der Waals surface area contributed by atoms with Gasteiger partial charge in [-0.15, -0.1) is 0 Å². The summed E-state index contributed by atoms with van der Waals surface area (Å²) < 4.78 is 41.8. The minimum atomic E-state index is -4.60. The number of fused-ring (bicyclic) bond motifs is 1. The van der Waals surface area contributed by atoms with Gasteiger partial charge in [0, 0.05) is 6.54 Å². The molecule has 0 spiro atoms. The zero-order valence-electron chi connectivity index (χ0n) is 11.4. The lowest BCUT2D eigenvalue weighted by molar-refractivity contribution is -0.161. The number of hydrogen-bond donors (Lipinski definition) is 1. The van der Waals surface area contributed by atoms with Gasteiger partial charge < -0.3 is 9.72 Å². The Kier molecular flexibility index (Phi) is 4.36. The largest absolute Gasteiger partial charge is 0.452 e. The fraction of sp³-hybridized carbons (Fsp3) is 0.308. The average molecular weight is 332 g/mol. The van der Waals surface area contributed by atoms with Crippen LogP contribution in [0.15, 0.2) is 23.0 Å². The summed E-state index contributed by atoms with van der Waals surface area (Å²) >= 11 is 5.02. The Bertz CT molecular complexity index is 839. The summed E-state index contributed by atoms with van der Waals surface area (Å²) in [6.07, 6.45) is -4.60. The maximum atomic E-state index is 12.1. The monoisotopic (exact) mass is 332 g/mol. The average Bonchev–Trinajstić information content (AvgIpc) is 2.43. The van der Waals surface area contributed by atoms with Crippen LogP contribution in [-0.4, -0.2) is 28.3 Å². The molecule has 5 nitrogen and oxygen atoms in total. The molecule has 0 atom stereocenters. The molecule has 0 aliphatic heterocycles. The molecule has 22 heavy (non-hydrogen) atoms. The molecular formula is C13H11F3N2O3S. The Morgan fingerprint density at radius 3 is 2.68 bits per heavy atom. The first-order valence-corrected chi connectivity index (χ1v) is 6.64. The number of hydrogen-bond acceptors (Lipinski definition) is 4. The summed E-state index contributed by atoms with van der Waals surface area (Å²) in [6.45, 7) is 0.455. The highest BCUT2D eigenvalue weighted by atomic mass is 32.1. The maximum Gasteiger partial charge on any atom is 0.422 e. The molecule has 0 amide bonds. The van der Waals surface area contributed by atoms with Crippen molar-refractivity contribution in [2.75, 3.05) is 6.61 Å². The molecule has 1 N–H and O–H groups in total. The minimum Gasteiger partial charge on any atom is -0.452 e. The quantitative estimate of drug-likeness (QED) is 0.693. The number of aromatic amines is 1. The maximum absolute atomic E-state index is 12.1. The van der Waals surface area contributed by atoms with E-state index in [1.165, 1.54) is 22.8 Å². The highest BCUT2D eigenvalue weighted by Crippen LogP contribution is 2.17. The number of alkyl halides is 3. The van der Waals surface area contributed by atoms with Gasteiger partial charge in [0.2, 0.25) is 0 Å². The van der Waals surface area contributed by atoms with Crippen LogP contribution in [0.5, 0.6) is 0 Å². The summed E-state index contributed by atoms with van der Waals surface area (Å²) in [5, 5.41) is 0.280. The van der Waals surface area contributed by atoms with Crippen molar-refractivity contribution in [3.8, 4) is 0 Å². The third kappa shape index (κ3) is 3.35. The van der Waals surface area contributed by atoms with E-state index in [0.717, 1.165) is 0 Å². The number of nitrogens with zero attached hydrogens (tertiary/aromatic N) is 1. The Morgan fingerprint density at radius 2 is 2.09 bits per heavy atom. The van der Waals surface area contributed by atoms with Gasteiger partial charge in [0.1, 0.15) is 0 Å². The van der Waals surface area contributed by atoms with Crippen LogP contribution in [0.3, 0.4) is 0 Å². The van der Waals surface area contributed by atoms with Crippen LogP contribution >= 0.6 is 12.2 Å². The van der Waals surface area contributed by atoms with Crippen LogP contribution in [0.25, 0.3) is 10.9 Å². The van der Waals surface area contributed by atoms with E-state index in [4.69, 9.17) is 12.2 Å². The van der Waals surface area contributed by atoms with Gasteiger partial charge in [0.05, 0.1) is 16.5 Å². The van der Waals surface area contributed by atoms with E-state index >= 15 is 0 Å².